The van der Waals surface area contributed by atoms with Crippen LogP contribution in [0.25, 0.3) is 0 Å². The number of ketones is 1. The summed E-state index contributed by atoms with van der Waals surface area (Å²) in [4.78, 5) is 15.7. The molecule has 1 fully saturated rings. The number of anilines is 3. The highest BCUT2D eigenvalue weighted by Crippen LogP contribution is 2.18. The van der Waals surface area contributed by atoms with Crippen LogP contribution in [0, 0.1) is 0 Å². The molecule has 1 aromatic carbocycles. The molecule has 0 saturated carbocycles. The number of carbonyl (C=O) groups excluding carboxylic acids is 1. The Bertz CT molecular complexity index is 869. The maximum absolute atomic E-state index is 11.5. The maximum Gasteiger partial charge on any atom is 0.249 e. The largest absolute Gasteiger partial charge is 0.365 e. The molecule has 1 saturated heterocycles. The highest BCUT2D eigenvalue weighted by molar-refractivity contribution is 7.91. The van der Waals surface area contributed by atoms with E-state index in [1.165, 1.54) is 13.1 Å². The Morgan fingerprint density at radius 1 is 1.33 bits per heavy atom. The monoisotopic (exact) mass is 347 g/mol. The van der Waals surface area contributed by atoms with Crippen molar-refractivity contribution in [3.05, 3.63) is 36.0 Å². The van der Waals surface area contributed by atoms with Crippen molar-refractivity contribution in [3.8, 4) is 0 Å². The van der Waals surface area contributed by atoms with Gasteiger partial charge >= 0.3 is 0 Å². The molecule has 1 atom stereocenters. The van der Waals surface area contributed by atoms with Crippen LogP contribution in [0.5, 0.6) is 0 Å². The molecule has 3 rings (SSSR count). The maximum atomic E-state index is 11.5. The Morgan fingerprint density at radius 3 is 2.88 bits per heavy atom. The van der Waals surface area contributed by atoms with Gasteiger partial charge in [0.2, 0.25) is 5.95 Å². The van der Waals surface area contributed by atoms with Gasteiger partial charge in [-0.05, 0) is 25.5 Å². The van der Waals surface area contributed by atoms with Crippen molar-refractivity contribution in [2.75, 3.05) is 22.1 Å². The first-order valence-electron chi connectivity index (χ1n) is 7.46. The summed E-state index contributed by atoms with van der Waals surface area (Å²) in [6.45, 7) is 1.50. The fraction of sp³-hybridized carbons (Fsp3) is 0.333. The molecule has 1 aromatic heterocycles. The van der Waals surface area contributed by atoms with Crippen LogP contribution >= 0.6 is 0 Å². The van der Waals surface area contributed by atoms with Crippen LogP contribution < -0.4 is 10.6 Å². The molecule has 0 aliphatic carbocycles. The average molecular weight is 347 g/mol. The van der Waals surface area contributed by atoms with Gasteiger partial charge in [0.1, 0.15) is 0 Å². The zero-order chi connectivity index (χ0) is 17.2. The van der Waals surface area contributed by atoms with E-state index in [1.807, 2.05) is 0 Å². The number of hydrogen-bond acceptors (Lipinski definition) is 8. The van der Waals surface area contributed by atoms with Crippen molar-refractivity contribution in [1.29, 1.82) is 0 Å². The molecule has 1 aliphatic heterocycles. The van der Waals surface area contributed by atoms with Crippen molar-refractivity contribution in [2.45, 2.75) is 19.4 Å². The van der Waals surface area contributed by atoms with Gasteiger partial charge in [0.15, 0.2) is 21.4 Å². The van der Waals surface area contributed by atoms with Gasteiger partial charge in [0, 0.05) is 17.3 Å². The summed E-state index contributed by atoms with van der Waals surface area (Å²) in [5, 5.41) is 13.8. The summed E-state index contributed by atoms with van der Waals surface area (Å²) in [6, 6.07) is 6.82. The topological polar surface area (TPSA) is 114 Å². The number of rotatable bonds is 5. The van der Waals surface area contributed by atoms with Gasteiger partial charge in [-0.1, -0.05) is 12.1 Å². The minimum Gasteiger partial charge on any atom is -0.365 e. The van der Waals surface area contributed by atoms with E-state index >= 15 is 0 Å². The predicted molar refractivity (Wildman–Crippen MR) is 90.2 cm³/mol. The molecule has 0 bridgehead atoms. The fourth-order valence-corrected chi connectivity index (χ4v) is 4.16. The molecule has 24 heavy (non-hydrogen) atoms. The van der Waals surface area contributed by atoms with Crippen LogP contribution in [0.1, 0.15) is 23.7 Å². The summed E-state index contributed by atoms with van der Waals surface area (Å²) in [7, 11) is -2.96. The molecule has 2 aromatic rings. The highest BCUT2D eigenvalue weighted by Gasteiger charge is 2.28. The normalized spacial score (nSPS) is 19.0. The van der Waals surface area contributed by atoms with Crippen molar-refractivity contribution in [1.82, 2.24) is 15.2 Å². The number of hydrogen-bond donors (Lipinski definition) is 2. The zero-order valence-electron chi connectivity index (χ0n) is 13.1. The molecule has 1 unspecified atom stereocenters. The standard InChI is InChI=1S/C15H17N5O3S/c1-10(21)11-3-2-4-12(7-11)18-15-19-14(8-16-20-15)17-13-5-6-24(22,23)9-13/h2-4,7-8,13H,5-6,9H2,1H3,(H2,17,18,19,20). The SMILES string of the molecule is CC(=O)c1cccc(Nc2nncc(NC3CCS(=O)(=O)C3)n2)c1. The third kappa shape index (κ3) is 4.05. The Hall–Kier alpha value is -2.55. The van der Waals surface area contributed by atoms with Gasteiger partial charge < -0.3 is 10.6 Å². The van der Waals surface area contributed by atoms with Gasteiger partial charge in [-0.15, -0.1) is 5.10 Å². The summed E-state index contributed by atoms with van der Waals surface area (Å²) in [5.74, 6) is 0.974. The Balaban J connectivity index is 1.71. The molecule has 0 radical (unpaired) electrons. The first-order valence-corrected chi connectivity index (χ1v) is 9.28. The third-order valence-corrected chi connectivity index (χ3v) is 5.44. The first-order chi connectivity index (χ1) is 11.4. The van der Waals surface area contributed by atoms with E-state index in [-0.39, 0.29) is 29.3 Å². The van der Waals surface area contributed by atoms with Crippen LogP contribution in [0.2, 0.25) is 0 Å². The van der Waals surface area contributed by atoms with E-state index in [9.17, 15) is 13.2 Å². The van der Waals surface area contributed by atoms with E-state index in [1.54, 1.807) is 24.3 Å². The highest BCUT2D eigenvalue weighted by atomic mass is 32.2. The van der Waals surface area contributed by atoms with Gasteiger partial charge in [0.05, 0.1) is 17.7 Å². The lowest BCUT2D eigenvalue weighted by molar-refractivity contribution is 0.101. The predicted octanol–water partition coefficient (Wildman–Crippen LogP) is 1.42. The summed E-state index contributed by atoms with van der Waals surface area (Å²) in [5.41, 5.74) is 1.25. The summed E-state index contributed by atoms with van der Waals surface area (Å²) in [6.07, 6.45) is 2.00. The minimum absolute atomic E-state index is 0.0319. The summed E-state index contributed by atoms with van der Waals surface area (Å²) >= 11 is 0. The van der Waals surface area contributed by atoms with Gasteiger partial charge in [-0.2, -0.15) is 10.1 Å². The van der Waals surface area contributed by atoms with Crippen molar-refractivity contribution < 1.29 is 13.2 Å². The second kappa shape index (κ2) is 6.52. The number of aromatic nitrogens is 3. The molecular formula is C15H17N5O3S. The number of nitrogens with one attached hydrogen (secondary N) is 2. The van der Waals surface area contributed by atoms with Crippen molar-refractivity contribution in [3.63, 3.8) is 0 Å². The quantitative estimate of drug-likeness (QED) is 0.781. The molecule has 2 N–H and O–H groups in total. The molecule has 126 valence electrons. The van der Waals surface area contributed by atoms with Crippen LogP contribution in [-0.4, -0.2) is 46.9 Å². The van der Waals surface area contributed by atoms with Gasteiger partial charge in [-0.3, -0.25) is 4.79 Å². The third-order valence-electron chi connectivity index (χ3n) is 3.67. The molecule has 0 amide bonds. The molecule has 1 aliphatic rings. The number of Topliss-reactive ketones (excluding diaryl/α,β-unsaturated/α-hetero) is 1. The van der Waals surface area contributed by atoms with Crippen LogP contribution in [0.15, 0.2) is 30.5 Å². The molecule has 0 spiro atoms. The lowest BCUT2D eigenvalue weighted by Gasteiger charge is -2.12. The first kappa shape index (κ1) is 16.3. The van der Waals surface area contributed by atoms with Gasteiger partial charge in [0.25, 0.3) is 0 Å². The Morgan fingerprint density at radius 2 is 2.17 bits per heavy atom. The molecule has 8 nitrogen and oxygen atoms in total. The van der Waals surface area contributed by atoms with E-state index in [4.69, 9.17) is 0 Å². The lowest BCUT2D eigenvalue weighted by Crippen LogP contribution is -2.21. The number of benzene rings is 1. The zero-order valence-corrected chi connectivity index (χ0v) is 13.9. The second-order valence-electron chi connectivity index (χ2n) is 5.67. The van der Waals surface area contributed by atoms with Crippen LogP contribution in [0.3, 0.4) is 0 Å². The number of sulfone groups is 1. The lowest BCUT2D eigenvalue weighted by atomic mass is 10.1. The second-order valence-corrected chi connectivity index (χ2v) is 7.90. The van der Waals surface area contributed by atoms with E-state index < -0.39 is 9.84 Å². The van der Waals surface area contributed by atoms with Crippen LogP contribution in [-0.2, 0) is 9.84 Å². The van der Waals surface area contributed by atoms with Crippen LogP contribution in [0.4, 0.5) is 17.5 Å². The summed E-state index contributed by atoms with van der Waals surface area (Å²) < 4.78 is 23.0. The van der Waals surface area contributed by atoms with Crippen molar-refractivity contribution in [2.24, 2.45) is 0 Å². The Labute approximate surface area is 139 Å². The number of nitrogens with zero attached hydrogens (tertiary/aromatic N) is 3. The number of carbonyl (C=O) groups is 1. The van der Waals surface area contributed by atoms with Gasteiger partial charge in [-0.25, -0.2) is 8.42 Å². The minimum atomic E-state index is -2.96. The van der Waals surface area contributed by atoms with Crippen molar-refractivity contribution >= 4 is 33.1 Å². The fourth-order valence-electron chi connectivity index (χ4n) is 2.49. The Kier molecular flexibility index (Phi) is 4.43. The van der Waals surface area contributed by atoms with E-state index in [2.05, 4.69) is 25.8 Å². The molecule has 9 heteroatoms. The smallest absolute Gasteiger partial charge is 0.249 e. The van der Waals surface area contributed by atoms with E-state index in [0.29, 0.717) is 23.5 Å². The van der Waals surface area contributed by atoms with E-state index in [0.717, 1.165) is 0 Å². The average Bonchev–Trinajstić information content (AvgIpc) is 2.86. The molecular weight excluding hydrogens is 330 g/mol. The molecule has 2 heterocycles.